The van der Waals surface area contributed by atoms with Gasteiger partial charge in [0.25, 0.3) is 11.4 Å². The molecule has 0 aliphatic heterocycles. The minimum Gasteiger partial charge on any atom is -0.476 e. The van der Waals surface area contributed by atoms with Gasteiger partial charge in [-0.2, -0.15) is 9.28 Å². The summed E-state index contributed by atoms with van der Waals surface area (Å²) in [7, 11) is 1.46. The molecule has 1 fully saturated rings. The van der Waals surface area contributed by atoms with Gasteiger partial charge in [0, 0.05) is 29.0 Å². The second-order valence-electron chi connectivity index (χ2n) is 11.8. The zero-order chi connectivity index (χ0) is 31.7. The van der Waals surface area contributed by atoms with E-state index in [1.807, 2.05) is 18.2 Å². The Morgan fingerprint density at radius 1 is 1.11 bits per heavy atom. The summed E-state index contributed by atoms with van der Waals surface area (Å²) < 4.78 is 22.2. The van der Waals surface area contributed by atoms with E-state index in [0.29, 0.717) is 28.3 Å². The standard InChI is InChI=1S/C35H35FN4O3S2/c1-21(2)24-11-13-25(14-12-24)26-5-4-6-27(19-26)33-28(17-23-10-16-32(29(36)18-23)45(37)43-3)31(15-9-22-7-8-22)40(39-33)35-38-30(20-44-35)34(41)42/h4-6,10-14,16,18-22H,7-9,15,17,37H2,1-3H3/p+1. The number of nitrogens with zero attached hydrogens (tertiary/aromatic N) is 3. The highest BCUT2D eigenvalue weighted by atomic mass is 32.2. The van der Waals surface area contributed by atoms with Crippen LogP contribution >= 0.6 is 11.3 Å². The largest absolute Gasteiger partial charge is 0.476 e. The summed E-state index contributed by atoms with van der Waals surface area (Å²) >= 11 is 0.113. The fourth-order valence-corrected chi connectivity index (χ4v) is 6.95. The minimum atomic E-state index is -1.14. The number of benzene rings is 3. The Kier molecular flexibility index (Phi) is 9.18. The predicted molar refractivity (Wildman–Crippen MR) is 178 cm³/mol. The van der Waals surface area contributed by atoms with E-state index in [1.165, 1.54) is 42.9 Å². The summed E-state index contributed by atoms with van der Waals surface area (Å²) in [5.41, 5.74) is 7.86. The maximum atomic E-state index is 15.2. The van der Waals surface area contributed by atoms with Crippen LogP contribution < -0.4 is 5.14 Å². The van der Waals surface area contributed by atoms with Crippen LogP contribution in [0.4, 0.5) is 4.39 Å². The molecule has 5 aromatic rings. The van der Waals surface area contributed by atoms with Crippen molar-refractivity contribution in [3.8, 4) is 27.5 Å². The molecule has 10 heteroatoms. The number of hydrogen-bond donors (Lipinski definition) is 2. The first kappa shape index (κ1) is 31.2. The van der Waals surface area contributed by atoms with E-state index in [4.69, 9.17) is 14.4 Å². The summed E-state index contributed by atoms with van der Waals surface area (Å²) in [5, 5.41) is 22.7. The molecule has 2 heterocycles. The van der Waals surface area contributed by atoms with Crippen LogP contribution in [-0.4, -0.2) is 33.0 Å². The summed E-state index contributed by atoms with van der Waals surface area (Å²) in [4.78, 5) is 16.4. The van der Waals surface area contributed by atoms with Crippen LogP contribution in [0.1, 0.15) is 71.9 Å². The fraction of sp³-hybridized carbons (Fsp3) is 0.286. The van der Waals surface area contributed by atoms with Crippen LogP contribution in [0.5, 0.6) is 0 Å². The number of hydrogen-bond acceptors (Lipinski definition) is 6. The molecule has 3 N–H and O–H groups in total. The van der Waals surface area contributed by atoms with Gasteiger partial charge in [0.1, 0.15) is 0 Å². The molecule has 3 aromatic carbocycles. The minimum absolute atomic E-state index is 0.0124. The molecule has 1 aliphatic carbocycles. The van der Waals surface area contributed by atoms with Gasteiger partial charge in [-0.25, -0.2) is 18.9 Å². The highest BCUT2D eigenvalue weighted by Gasteiger charge is 2.28. The molecular formula is C35H36FN4O3S2+. The van der Waals surface area contributed by atoms with Crippen LogP contribution in [0.3, 0.4) is 0 Å². The normalized spacial score (nSPS) is 13.8. The molecule has 232 valence electrons. The van der Waals surface area contributed by atoms with Gasteiger partial charge in [0.2, 0.25) is 10.0 Å². The van der Waals surface area contributed by atoms with Crippen LogP contribution in [0.15, 0.2) is 77.0 Å². The molecule has 1 atom stereocenters. The highest BCUT2D eigenvalue weighted by Crippen LogP contribution is 2.38. The first-order chi connectivity index (χ1) is 21.7. The Labute approximate surface area is 269 Å². The number of nitrogens with two attached hydrogens (primary N) is 1. The Hall–Kier alpha value is -3.83. The van der Waals surface area contributed by atoms with Gasteiger partial charge in [0.15, 0.2) is 11.5 Å². The van der Waals surface area contributed by atoms with E-state index in [2.05, 4.69) is 55.2 Å². The molecule has 1 unspecified atom stereocenters. The van der Waals surface area contributed by atoms with Crippen molar-refractivity contribution in [2.24, 2.45) is 11.1 Å². The maximum Gasteiger partial charge on any atom is 0.355 e. The summed E-state index contributed by atoms with van der Waals surface area (Å²) in [6, 6.07) is 22.0. The van der Waals surface area contributed by atoms with E-state index >= 15 is 4.39 Å². The molecular weight excluding hydrogens is 608 g/mol. The lowest BCUT2D eigenvalue weighted by Crippen LogP contribution is -2.17. The second-order valence-corrected chi connectivity index (χ2v) is 14.0. The number of aromatic carboxylic acids is 1. The third kappa shape index (κ3) is 6.89. The first-order valence-electron chi connectivity index (χ1n) is 15.0. The average Bonchev–Trinajstić information content (AvgIpc) is 3.61. The van der Waals surface area contributed by atoms with Crippen molar-refractivity contribution in [3.05, 3.63) is 106 Å². The maximum absolute atomic E-state index is 15.2. The number of carboxylic acid groups (broad SMARTS) is 1. The van der Waals surface area contributed by atoms with Crippen LogP contribution in [0, 0.1) is 11.7 Å². The zero-order valence-electron chi connectivity index (χ0n) is 25.5. The highest BCUT2D eigenvalue weighted by molar-refractivity contribution is 7.90. The number of halogens is 1. The van der Waals surface area contributed by atoms with Gasteiger partial charge in [-0.05, 0) is 59.1 Å². The zero-order valence-corrected chi connectivity index (χ0v) is 27.1. The van der Waals surface area contributed by atoms with Crippen molar-refractivity contribution in [2.45, 2.75) is 56.8 Å². The topological polar surface area (TPSA) is 103 Å². The number of thiazole rings is 1. The Morgan fingerprint density at radius 2 is 1.87 bits per heavy atom. The molecule has 0 bridgehead atoms. The third-order valence-corrected chi connectivity index (χ3v) is 10.2. The summed E-state index contributed by atoms with van der Waals surface area (Å²) in [6.45, 7) is 4.36. The van der Waals surface area contributed by atoms with E-state index in [0.717, 1.165) is 52.0 Å². The van der Waals surface area contributed by atoms with E-state index in [-0.39, 0.29) is 5.69 Å². The van der Waals surface area contributed by atoms with Gasteiger partial charge in [-0.15, -0.1) is 16.5 Å². The fourth-order valence-electron chi connectivity index (χ4n) is 5.54. The summed E-state index contributed by atoms with van der Waals surface area (Å²) in [5.74, 6) is -0.373. The lowest BCUT2D eigenvalue weighted by Gasteiger charge is -2.11. The van der Waals surface area contributed by atoms with Crippen molar-refractivity contribution < 1.29 is 18.5 Å². The van der Waals surface area contributed by atoms with Crippen molar-refractivity contribution in [1.29, 1.82) is 0 Å². The Balaban J connectivity index is 1.48. The quantitative estimate of drug-likeness (QED) is 0.134. The molecule has 1 saturated carbocycles. The number of carboxylic acids is 1. The average molecular weight is 644 g/mol. The molecule has 0 spiro atoms. The molecule has 45 heavy (non-hydrogen) atoms. The smallest absolute Gasteiger partial charge is 0.355 e. The first-order valence-corrected chi connectivity index (χ1v) is 17.1. The van der Waals surface area contributed by atoms with Crippen LogP contribution in [-0.2, 0) is 28.4 Å². The van der Waals surface area contributed by atoms with Crippen molar-refractivity contribution >= 4 is 28.7 Å². The lowest BCUT2D eigenvalue weighted by molar-refractivity contribution is 0.0691. The van der Waals surface area contributed by atoms with Gasteiger partial charge in [-0.3, -0.25) is 0 Å². The van der Waals surface area contributed by atoms with Gasteiger partial charge in [0.05, 0.1) is 18.5 Å². The van der Waals surface area contributed by atoms with Crippen molar-refractivity contribution in [3.63, 3.8) is 0 Å². The monoisotopic (exact) mass is 643 g/mol. The lowest BCUT2D eigenvalue weighted by atomic mass is 9.94. The number of carbonyl (C=O) groups is 1. The molecule has 0 radical (unpaired) electrons. The van der Waals surface area contributed by atoms with E-state index in [9.17, 15) is 9.90 Å². The molecule has 0 amide bonds. The number of rotatable bonds is 12. The predicted octanol–water partition coefficient (Wildman–Crippen LogP) is 7.97. The third-order valence-electron chi connectivity index (χ3n) is 8.29. The number of aromatic nitrogens is 3. The van der Waals surface area contributed by atoms with E-state index < -0.39 is 23.1 Å². The van der Waals surface area contributed by atoms with Gasteiger partial charge in [-0.1, -0.05) is 75.2 Å². The second kappa shape index (κ2) is 13.3. The molecule has 1 aliphatic rings. The Morgan fingerprint density at radius 3 is 2.51 bits per heavy atom. The SMILES string of the molecule is CO[S+](N)c1ccc(Cc2c(-c3cccc(-c4ccc(C(C)C)cc4)c3)nn(-c3nc(C(=O)O)cs3)c2CCC2CC2)cc1F. The van der Waals surface area contributed by atoms with Crippen molar-refractivity contribution in [1.82, 2.24) is 14.8 Å². The van der Waals surface area contributed by atoms with E-state index in [1.54, 1.807) is 16.1 Å². The molecule has 0 saturated heterocycles. The van der Waals surface area contributed by atoms with Gasteiger partial charge < -0.3 is 5.11 Å². The molecule has 6 rings (SSSR count). The van der Waals surface area contributed by atoms with Gasteiger partial charge >= 0.3 is 5.97 Å². The van der Waals surface area contributed by atoms with Crippen LogP contribution in [0.25, 0.3) is 27.5 Å². The molecule has 2 aromatic heterocycles. The van der Waals surface area contributed by atoms with Crippen LogP contribution in [0.2, 0.25) is 0 Å². The Bertz CT molecular complexity index is 1830. The van der Waals surface area contributed by atoms with Crippen molar-refractivity contribution in [2.75, 3.05) is 7.11 Å². The summed E-state index contributed by atoms with van der Waals surface area (Å²) in [6.07, 6.45) is 4.60. The molecule has 7 nitrogen and oxygen atoms in total.